The average Bonchev–Trinajstić information content (AvgIpc) is 3.21. The molecule has 0 aromatic heterocycles. The van der Waals surface area contributed by atoms with E-state index in [4.69, 9.17) is 4.74 Å². The van der Waals surface area contributed by atoms with Crippen molar-refractivity contribution in [2.24, 2.45) is 5.92 Å². The van der Waals surface area contributed by atoms with E-state index in [0.29, 0.717) is 30.6 Å². The second-order valence-electron chi connectivity index (χ2n) is 8.96. The van der Waals surface area contributed by atoms with Gasteiger partial charge >= 0.3 is 6.18 Å². The number of fused-ring (bicyclic) bond motifs is 1. The molecule has 2 atom stereocenters. The lowest BCUT2D eigenvalue weighted by molar-refractivity contribution is -0.137. The molecule has 1 saturated carbocycles. The fourth-order valence-corrected chi connectivity index (χ4v) is 4.73. The largest absolute Gasteiger partial charge is 0.416 e. The van der Waals surface area contributed by atoms with Gasteiger partial charge in [0, 0.05) is 44.3 Å². The molecule has 2 unspecified atom stereocenters. The van der Waals surface area contributed by atoms with E-state index in [9.17, 15) is 18.0 Å². The van der Waals surface area contributed by atoms with Crippen molar-refractivity contribution in [1.82, 2.24) is 10.2 Å². The van der Waals surface area contributed by atoms with E-state index < -0.39 is 11.7 Å². The smallest absolute Gasteiger partial charge is 0.381 e. The first-order chi connectivity index (χ1) is 14.8. The van der Waals surface area contributed by atoms with Gasteiger partial charge in [-0.1, -0.05) is 26.3 Å². The number of halogens is 3. The third-order valence-electron chi connectivity index (χ3n) is 6.33. The topological polar surface area (TPSA) is 41.6 Å². The fourth-order valence-electron chi connectivity index (χ4n) is 4.73. The number of nitrogens with zero attached hydrogens (tertiary/aromatic N) is 1. The molecule has 31 heavy (non-hydrogen) atoms. The van der Waals surface area contributed by atoms with Gasteiger partial charge in [0.05, 0.1) is 5.56 Å². The summed E-state index contributed by atoms with van der Waals surface area (Å²) in [6.07, 6.45) is 2.20. The Hall–Kier alpha value is -1.60. The number of hydrogen-bond acceptors (Lipinski definition) is 3. The van der Waals surface area contributed by atoms with Crippen LogP contribution < -0.4 is 5.32 Å². The van der Waals surface area contributed by atoms with Crippen molar-refractivity contribution in [2.45, 2.75) is 83.6 Å². The monoisotopic (exact) mass is 440 g/mol. The maximum absolute atomic E-state index is 13.0. The number of rotatable bonds is 3. The van der Waals surface area contributed by atoms with E-state index in [1.807, 2.05) is 0 Å². The Balaban J connectivity index is 0.000000858. The van der Waals surface area contributed by atoms with Gasteiger partial charge in [-0.2, -0.15) is 13.2 Å². The number of carbonyl (C=O) groups is 1. The number of alkyl halides is 3. The van der Waals surface area contributed by atoms with Crippen LogP contribution in [-0.2, 0) is 28.7 Å². The van der Waals surface area contributed by atoms with Crippen LogP contribution in [0.25, 0.3) is 0 Å². The summed E-state index contributed by atoms with van der Waals surface area (Å²) in [5, 5.41) is 3.67. The fraction of sp³-hybridized carbons (Fsp3) is 0.708. The van der Waals surface area contributed by atoms with E-state index in [0.717, 1.165) is 56.9 Å². The third kappa shape index (κ3) is 6.45. The molecule has 0 spiro atoms. The highest BCUT2D eigenvalue weighted by molar-refractivity contribution is 5.79. The first-order valence-corrected chi connectivity index (χ1v) is 11.6. The lowest BCUT2D eigenvalue weighted by Crippen LogP contribution is -2.42. The Kier molecular flexibility index (Phi) is 8.39. The highest BCUT2D eigenvalue weighted by atomic mass is 19.4. The summed E-state index contributed by atoms with van der Waals surface area (Å²) >= 11 is 0. The molecule has 1 aromatic carbocycles. The molecule has 2 heterocycles. The molecule has 4 rings (SSSR count). The molecule has 2 fully saturated rings. The molecule has 0 bridgehead atoms. The van der Waals surface area contributed by atoms with Crippen molar-refractivity contribution >= 4 is 5.91 Å². The molecule has 1 aliphatic carbocycles. The van der Waals surface area contributed by atoms with E-state index in [1.54, 1.807) is 11.0 Å². The first-order valence-electron chi connectivity index (χ1n) is 11.6. The van der Waals surface area contributed by atoms with Crippen molar-refractivity contribution in [2.75, 3.05) is 19.8 Å². The van der Waals surface area contributed by atoms with Gasteiger partial charge in [-0.3, -0.25) is 4.79 Å². The number of amides is 1. The maximum Gasteiger partial charge on any atom is 0.416 e. The summed E-state index contributed by atoms with van der Waals surface area (Å²) in [7, 11) is 0. The standard InChI is InChI=1S/C21H27F3N2O2.C3H8/c22-21(23,24)17-3-1-14-5-8-26(13-16(14)11-17)20(27)15-2-4-19(12-15)25-18-6-9-28-10-7-18;1-3-2/h1,3,11,15,18-19,25H,2,4-10,12-13H2;3H2,1-2H3. The van der Waals surface area contributed by atoms with Crippen molar-refractivity contribution in [3.8, 4) is 0 Å². The minimum absolute atomic E-state index is 0.0234. The predicted molar refractivity (Wildman–Crippen MR) is 115 cm³/mol. The second-order valence-corrected chi connectivity index (χ2v) is 8.96. The molecule has 4 nitrogen and oxygen atoms in total. The van der Waals surface area contributed by atoms with Gasteiger partial charge < -0.3 is 15.0 Å². The van der Waals surface area contributed by atoms with Gasteiger partial charge in [-0.15, -0.1) is 0 Å². The van der Waals surface area contributed by atoms with Gasteiger partial charge in [0.15, 0.2) is 0 Å². The van der Waals surface area contributed by atoms with Crippen LogP contribution in [0.3, 0.4) is 0 Å². The summed E-state index contributed by atoms with van der Waals surface area (Å²) in [6.45, 7) is 6.71. The Bertz CT molecular complexity index is 732. The zero-order valence-electron chi connectivity index (χ0n) is 18.6. The van der Waals surface area contributed by atoms with Crippen LogP contribution in [0.2, 0.25) is 0 Å². The Morgan fingerprint density at radius 2 is 1.81 bits per heavy atom. The van der Waals surface area contributed by atoms with E-state index in [-0.39, 0.29) is 18.4 Å². The van der Waals surface area contributed by atoms with Crippen LogP contribution in [0.15, 0.2) is 18.2 Å². The summed E-state index contributed by atoms with van der Waals surface area (Å²) < 4.78 is 44.4. The third-order valence-corrected chi connectivity index (χ3v) is 6.33. The minimum atomic E-state index is -4.35. The zero-order valence-corrected chi connectivity index (χ0v) is 18.6. The van der Waals surface area contributed by atoms with Crippen molar-refractivity contribution in [1.29, 1.82) is 0 Å². The summed E-state index contributed by atoms with van der Waals surface area (Å²) in [6, 6.07) is 4.73. The van der Waals surface area contributed by atoms with Gasteiger partial charge in [-0.05, 0) is 61.8 Å². The van der Waals surface area contributed by atoms with Gasteiger partial charge in [0.2, 0.25) is 5.91 Å². The van der Waals surface area contributed by atoms with Crippen LogP contribution in [0, 0.1) is 5.92 Å². The number of nitrogens with one attached hydrogen (secondary N) is 1. The predicted octanol–water partition coefficient (Wildman–Crippen LogP) is 4.94. The molecular formula is C24H35F3N2O2. The van der Waals surface area contributed by atoms with Crippen molar-refractivity contribution in [3.05, 3.63) is 34.9 Å². The molecule has 1 N–H and O–H groups in total. The summed E-state index contributed by atoms with van der Waals surface area (Å²) in [5.74, 6) is 0.0732. The molecule has 7 heteroatoms. The van der Waals surface area contributed by atoms with E-state index in [1.165, 1.54) is 12.5 Å². The molecule has 3 aliphatic rings. The molecule has 1 amide bonds. The van der Waals surface area contributed by atoms with E-state index in [2.05, 4.69) is 19.2 Å². The van der Waals surface area contributed by atoms with Crippen LogP contribution in [0.1, 0.15) is 69.1 Å². The van der Waals surface area contributed by atoms with Crippen LogP contribution in [0.5, 0.6) is 0 Å². The molecule has 0 radical (unpaired) electrons. The van der Waals surface area contributed by atoms with Crippen LogP contribution in [-0.4, -0.2) is 42.6 Å². The Morgan fingerprint density at radius 1 is 1.10 bits per heavy atom. The molecule has 1 saturated heterocycles. The number of hydrogen-bond donors (Lipinski definition) is 1. The first kappa shape index (κ1) is 24.1. The van der Waals surface area contributed by atoms with Gasteiger partial charge in [0.25, 0.3) is 0 Å². The summed E-state index contributed by atoms with van der Waals surface area (Å²) in [5.41, 5.74) is 0.911. The summed E-state index contributed by atoms with van der Waals surface area (Å²) in [4.78, 5) is 14.7. The molecule has 2 aliphatic heterocycles. The molecule has 1 aromatic rings. The van der Waals surface area contributed by atoms with Crippen LogP contribution in [0.4, 0.5) is 13.2 Å². The van der Waals surface area contributed by atoms with Gasteiger partial charge in [-0.25, -0.2) is 0 Å². The van der Waals surface area contributed by atoms with Gasteiger partial charge in [0.1, 0.15) is 0 Å². The van der Waals surface area contributed by atoms with Crippen molar-refractivity contribution in [3.63, 3.8) is 0 Å². The average molecular weight is 441 g/mol. The number of carbonyl (C=O) groups excluding carboxylic acids is 1. The van der Waals surface area contributed by atoms with E-state index >= 15 is 0 Å². The molecular weight excluding hydrogens is 405 g/mol. The number of ether oxygens (including phenoxy) is 1. The highest BCUT2D eigenvalue weighted by Crippen LogP contribution is 2.34. The normalized spacial score (nSPS) is 24.4. The molecule has 174 valence electrons. The Labute approximate surface area is 183 Å². The minimum Gasteiger partial charge on any atom is -0.381 e. The maximum atomic E-state index is 13.0. The van der Waals surface area contributed by atoms with Crippen LogP contribution >= 0.6 is 0 Å². The number of benzene rings is 1. The highest BCUT2D eigenvalue weighted by Gasteiger charge is 2.36. The Morgan fingerprint density at radius 3 is 2.48 bits per heavy atom. The lowest BCUT2D eigenvalue weighted by atomic mass is 9.95. The zero-order chi connectivity index (χ0) is 22.4. The second kappa shape index (κ2) is 10.8. The quantitative estimate of drug-likeness (QED) is 0.724. The lowest BCUT2D eigenvalue weighted by Gasteiger charge is -2.31. The SMILES string of the molecule is CCC.O=C(C1CCC(NC2CCOCC2)C1)N1CCc2ccc(C(F)(F)F)cc2C1. The van der Waals surface area contributed by atoms with Crippen molar-refractivity contribution < 1.29 is 22.7 Å².